The Bertz CT molecular complexity index is 608. The molecule has 4 rings (SSSR count). The Balaban J connectivity index is 1.64. The first-order valence-electron chi connectivity index (χ1n) is 8.96. The van der Waals surface area contributed by atoms with E-state index in [0.717, 1.165) is 43.4 Å². The van der Waals surface area contributed by atoms with Crippen molar-refractivity contribution < 1.29 is 4.79 Å². The monoisotopic (exact) mass is 295 g/mol. The molecule has 0 N–H and O–H groups in total. The Hall–Kier alpha value is -1.36. The zero-order chi connectivity index (χ0) is 15.3. The summed E-state index contributed by atoms with van der Waals surface area (Å²) in [6, 6.07) is 2.28. The third-order valence-electron chi connectivity index (χ3n) is 7.39. The molecule has 4 aliphatic rings. The van der Waals surface area contributed by atoms with Crippen LogP contribution in [-0.2, 0) is 4.79 Å². The lowest BCUT2D eigenvalue weighted by molar-refractivity contribution is -0.115. The molecule has 0 amide bonds. The number of nitriles is 1. The van der Waals surface area contributed by atoms with E-state index in [-0.39, 0.29) is 5.41 Å². The van der Waals surface area contributed by atoms with E-state index in [0.29, 0.717) is 11.7 Å². The van der Waals surface area contributed by atoms with Crippen LogP contribution in [0.1, 0.15) is 58.3 Å². The normalized spacial score (nSPS) is 45.5. The van der Waals surface area contributed by atoms with Crippen LogP contribution in [0.5, 0.6) is 0 Å². The molecule has 2 nitrogen and oxygen atoms in total. The standard InChI is InChI=1S/C20H25NO/c1-20-10-8-17-16-6-4-15(22)12-13(16)2-5-18(17)19(20)7-3-14(20)9-11-21/h9,12,16-19H,2-8,10H2,1H3/b14-9+/t16-,17+,18+,19-,20+/m0/s1. The highest BCUT2D eigenvalue weighted by Crippen LogP contribution is 2.63. The summed E-state index contributed by atoms with van der Waals surface area (Å²) in [4.78, 5) is 11.7. The molecule has 0 unspecified atom stereocenters. The third-order valence-corrected chi connectivity index (χ3v) is 7.39. The van der Waals surface area contributed by atoms with E-state index in [9.17, 15) is 4.79 Å². The van der Waals surface area contributed by atoms with Gasteiger partial charge in [-0.1, -0.05) is 18.1 Å². The third kappa shape index (κ3) is 1.94. The maximum Gasteiger partial charge on any atom is 0.155 e. The number of allylic oxidation sites excluding steroid dienone is 3. The highest BCUT2D eigenvalue weighted by molar-refractivity contribution is 5.91. The molecular formula is C20H25NO. The average molecular weight is 295 g/mol. The second-order valence-electron chi connectivity index (χ2n) is 8.10. The first-order valence-corrected chi connectivity index (χ1v) is 8.96. The fraction of sp³-hybridized carbons (Fsp3) is 0.700. The topological polar surface area (TPSA) is 40.9 Å². The highest BCUT2D eigenvalue weighted by atomic mass is 16.1. The summed E-state index contributed by atoms with van der Waals surface area (Å²) >= 11 is 0. The number of hydrogen-bond acceptors (Lipinski definition) is 2. The van der Waals surface area contributed by atoms with E-state index in [2.05, 4.69) is 13.0 Å². The Morgan fingerprint density at radius 2 is 2.05 bits per heavy atom. The highest BCUT2D eigenvalue weighted by Gasteiger charge is 2.54. The summed E-state index contributed by atoms with van der Waals surface area (Å²) in [5.74, 6) is 3.42. The number of rotatable bonds is 0. The molecule has 0 radical (unpaired) electrons. The van der Waals surface area contributed by atoms with E-state index >= 15 is 0 Å². The molecule has 0 aliphatic heterocycles. The van der Waals surface area contributed by atoms with Gasteiger partial charge < -0.3 is 0 Å². The van der Waals surface area contributed by atoms with Crippen LogP contribution >= 0.6 is 0 Å². The Morgan fingerprint density at radius 3 is 2.86 bits per heavy atom. The van der Waals surface area contributed by atoms with Gasteiger partial charge in [0.05, 0.1) is 6.07 Å². The summed E-state index contributed by atoms with van der Waals surface area (Å²) in [5.41, 5.74) is 3.16. The lowest BCUT2D eigenvalue weighted by Crippen LogP contribution is -2.45. The van der Waals surface area contributed by atoms with Crippen molar-refractivity contribution in [2.45, 2.75) is 58.3 Å². The van der Waals surface area contributed by atoms with E-state index in [4.69, 9.17) is 5.26 Å². The molecule has 3 saturated carbocycles. The molecule has 0 saturated heterocycles. The lowest BCUT2D eigenvalue weighted by Gasteiger charge is -2.53. The summed E-state index contributed by atoms with van der Waals surface area (Å²) < 4.78 is 0. The molecule has 3 fully saturated rings. The van der Waals surface area contributed by atoms with Crippen LogP contribution in [0.4, 0.5) is 0 Å². The Labute approximate surface area is 133 Å². The molecule has 2 heteroatoms. The molecule has 116 valence electrons. The van der Waals surface area contributed by atoms with Crippen molar-refractivity contribution >= 4 is 5.78 Å². The SMILES string of the molecule is C[C@]12CC[C@H]3[C@@H](CCC4=CC(=O)CC[C@@H]43)[C@@H]1CC/C2=C\C#N. The van der Waals surface area contributed by atoms with E-state index in [1.54, 1.807) is 0 Å². The minimum absolute atomic E-state index is 0.280. The van der Waals surface area contributed by atoms with Gasteiger partial charge in [-0.25, -0.2) is 0 Å². The van der Waals surface area contributed by atoms with Gasteiger partial charge in [0.1, 0.15) is 0 Å². The van der Waals surface area contributed by atoms with Crippen molar-refractivity contribution in [3.8, 4) is 6.07 Å². The minimum atomic E-state index is 0.280. The fourth-order valence-electron chi connectivity index (χ4n) is 6.34. The maximum atomic E-state index is 11.7. The molecule has 0 aromatic rings. The summed E-state index contributed by atoms with van der Waals surface area (Å²) in [6.07, 6.45) is 13.0. The van der Waals surface area contributed by atoms with Gasteiger partial charge in [0.2, 0.25) is 0 Å². The van der Waals surface area contributed by atoms with Crippen molar-refractivity contribution in [1.29, 1.82) is 5.26 Å². The summed E-state index contributed by atoms with van der Waals surface area (Å²) in [5, 5.41) is 9.08. The molecule has 0 heterocycles. The van der Waals surface area contributed by atoms with Gasteiger partial charge in [0.25, 0.3) is 0 Å². The Kier molecular flexibility index (Phi) is 3.29. The number of ketones is 1. The number of carbonyl (C=O) groups is 1. The van der Waals surface area contributed by atoms with E-state index < -0.39 is 0 Å². The Morgan fingerprint density at radius 1 is 1.18 bits per heavy atom. The first kappa shape index (κ1) is 14.2. The second kappa shape index (κ2) is 5.08. The summed E-state index contributed by atoms with van der Waals surface area (Å²) in [6.45, 7) is 2.42. The quantitative estimate of drug-likeness (QED) is 0.614. The number of nitrogens with zero attached hydrogens (tertiary/aromatic N) is 1. The number of hydrogen-bond donors (Lipinski definition) is 0. The molecule has 0 bridgehead atoms. The molecule has 5 atom stereocenters. The smallest absolute Gasteiger partial charge is 0.155 e. The van der Waals surface area contributed by atoms with Crippen LogP contribution in [0, 0.1) is 40.4 Å². The van der Waals surface area contributed by atoms with Crippen molar-refractivity contribution in [2.24, 2.45) is 29.1 Å². The van der Waals surface area contributed by atoms with E-state index in [1.165, 1.54) is 36.8 Å². The predicted octanol–water partition coefficient (Wildman–Crippen LogP) is 4.58. The predicted molar refractivity (Wildman–Crippen MR) is 85.8 cm³/mol. The second-order valence-corrected chi connectivity index (χ2v) is 8.10. The van der Waals surface area contributed by atoms with E-state index in [1.807, 2.05) is 12.2 Å². The van der Waals surface area contributed by atoms with Crippen LogP contribution in [0.2, 0.25) is 0 Å². The van der Waals surface area contributed by atoms with Crippen molar-refractivity contribution in [1.82, 2.24) is 0 Å². The van der Waals surface area contributed by atoms with Gasteiger partial charge in [0, 0.05) is 12.5 Å². The average Bonchev–Trinajstić information content (AvgIpc) is 2.84. The molecule has 0 spiro atoms. The molecule has 0 aromatic carbocycles. The maximum absolute atomic E-state index is 11.7. The van der Waals surface area contributed by atoms with Gasteiger partial charge in [0.15, 0.2) is 5.78 Å². The fourth-order valence-corrected chi connectivity index (χ4v) is 6.34. The van der Waals surface area contributed by atoms with Crippen molar-refractivity contribution in [2.75, 3.05) is 0 Å². The number of carbonyl (C=O) groups excluding carboxylic acids is 1. The van der Waals surface area contributed by atoms with Crippen LogP contribution < -0.4 is 0 Å². The van der Waals surface area contributed by atoms with Crippen molar-refractivity contribution in [3.63, 3.8) is 0 Å². The largest absolute Gasteiger partial charge is 0.295 e. The zero-order valence-electron chi connectivity index (χ0n) is 13.5. The van der Waals surface area contributed by atoms with Crippen LogP contribution in [0.15, 0.2) is 23.3 Å². The van der Waals surface area contributed by atoms with Crippen LogP contribution in [-0.4, -0.2) is 5.78 Å². The molecule has 0 aromatic heterocycles. The van der Waals surface area contributed by atoms with Gasteiger partial charge in [-0.05, 0) is 80.1 Å². The van der Waals surface area contributed by atoms with Gasteiger partial charge >= 0.3 is 0 Å². The molecule has 4 aliphatic carbocycles. The molecule has 22 heavy (non-hydrogen) atoms. The van der Waals surface area contributed by atoms with Crippen LogP contribution in [0.3, 0.4) is 0 Å². The lowest BCUT2D eigenvalue weighted by atomic mass is 9.52. The van der Waals surface area contributed by atoms with Gasteiger partial charge in [-0.3, -0.25) is 4.79 Å². The summed E-state index contributed by atoms with van der Waals surface area (Å²) in [7, 11) is 0. The first-order chi connectivity index (χ1) is 10.6. The minimum Gasteiger partial charge on any atom is -0.295 e. The van der Waals surface area contributed by atoms with Crippen molar-refractivity contribution in [3.05, 3.63) is 23.3 Å². The van der Waals surface area contributed by atoms with Gasteiger partial charge in [-0.15, -0.1) is 0 Å². The van der Waals surface area contributed by atoms with Gasteiger partial charge in [-0.2, -0.15) is 5.26 Å². The molecular weight excluding hydrogens is 270 g/mol. The van der Waals surface area contributed by atoms with Crippen LogP contribution in [0.25, 0.3) is 0 Å². The zero-order valence-corrected chi connectivity index (χ0v) is 13.5. The number of fused-ring (bicyclic) bond motifs is 5.